The minimum absolute atomic E-state index is 0.742. The number of fused-ring (bicyclic) bond motifs is 1. The second-order valence-electron chi connectivity index (χ2n) is 4.87. The average molecular weight is 251 g/mol. The molecule has 0 amide bonds. The quantitative estimate of drug-likeness (QED) is 0.771. The van der Waals surface area contributed by atoms with Crippen LogP contribution in [0.5, 0.6) is 0 Å². The van der Waals surface area contributed by atoms with Gasteiger partial charge in [-0.3, -0.25) is 0 Å². The van der Waals surface area contributed by atoms with Crippen LogP contribution in [0.1, 0.15) is 16.8 Å². The predicted octanol–water partition coefficient (Wildman–Crippen LogP) is 3.56. The second kappa shape index (κ2) is 4.76. The molecule has 0 aliphatic rings. The molecule has 0 atom stereocenters. The van der Waals surface area contributed by atoms with Crippen molar-refractivity contribution >= 4 is 11.3 Å². The Morgan fingerprint density at radius 2 is 2.05 bits per heavy atom. The molecule has 0 saturated carbocycles. The normalized spacial score (nSPS) is 10.8. The lowest BCUT2D eigenvalue weighted by Gasteiger charge is -2.08. The van der Waals surface area contributed by atoms with Crippen molar-refractivity contribution in [1.29, 1.82) is 0 Å². The summed E-state index contributed by atoms with van der Waals surface area (Å²) in [6, 6.07) is 12.5. The lowest BCUT2D eigenvalue weighted by atomic mass is 10.1. The van der Waals surface area contributed by atoms with E-state index in [4.69, 9.17) is 0 Å². The number of pyridine rings is 1. The Balaban J connectivity index is 1.78. The van der Waals surface area contributed by atoms with Crippen LogP contribution in [0.25, 0.3) is 5.65 Å². The van der Waals surface area contributed by atoms with E-state index in [1.165, 1.54) is 16.8 Å². The fraction of sp³-hybridized carbons (Fsp3) is 0.188. The first kappa shape index (κ1) is 11.8. The van der Waals surface area contributed by atoms with Crippen molar-refractivity contribution in [2.45, 2.75) is 20.4 Å². The lowest BCUT2D eigenvalue weighted by Crippen LogP contribution is -2.01. The van der Waals surface area contributed by atoms with Crippen molar-refractivity contribution < 1.29 is 0 Å². The number of benzene rings is 1. The smallest absolute Gasteiger partial charge is 0.137 e. The third kappa shape index (κ3) is 2.45. The Kier molecular flexibility index (Phi) is 2.95. The van der Waals surface area contributed by atoms with Gasteiger partial charge in [0.15, 0.2) is 0 Å². The van der Waals surface area contributed by atoms with Gasteiger partial charge in [-0.15, -0.1) is 0 Å². The zero-order chi connectivity index (χ0) is 13.2. The molecule has 96 valence electrons. The maximum atomic E-state index is 4.58. The molecule has 1 N–H and O–H groups in total. The molecule has 3 nitrogen and oxygen atoms in total. The molecule has 0 bridgehead atoms. The molecule has 3 heteroatoms. The molecule has 0 spiro atoms. The molecular formula is C16H17N3. The number of imidazole rings is 1. The number of hydrogen-bond acceptors (Lipinski definition) is 2. The van der Waals surface area contributed by atoms with Crippen molar-refractivity contribution in [3.63, 3.8) is 0 Å². The van der Waals surface area contributed by atoms with Gasteiger partial charge in [0.05, 0.1) is 12.2 Å². The highest BCUT2D eigenvalue weighted by Gasteiger charge is 2.02. The molecule has 3 rings (SSSR count). The molecule has 0 aliphatic heterocycles. The topological polar surface area (TPSA) is 29.3 Å². The summed E-state index contributed by atoms with van der Waals surface area (Å²) in [6.07, 6.45) is 4.08. The number of nitrogens with one attached hydrogen (secondary N) is 1. The van der Waals surface area contributed by atoms with Crippen molar-refractivity contribution in [3.8, 4) is 0 Å². The van der Waals surface area contributed by atoms with Crippen molar-refractivity contribution in [2.24, 2.45) is 0 Å². The van der Waals surface area contributed by atoms with E-state index in [9.17, 15) is 0 Å². The van der Waals surface area contributed by atoms with Gasteiger partial charge in [0.2, 0.25) is 0 Å². The number of rotatable bonds is 3. The van der Waals surface area contributed by atoms with Crippen molar-refractivity contribution in [1.82, 2.24) is 9.38 Å². The summed E-state index contributed by atoms with van der Waals surface area (Å²) in [6.45, 7) is 4.98. The largest absolute Gasteiger partial charge is 0.379 e. The number of hydrogen-bond donors (Lipinski definition) is 1. The summed E-state index contributed by atoms with van der Waals surface area (Å²) in [5.41, 5.74) is 5.76. The van der Waals surface area contributed by atoms with E-state index >= 15 is 0 Å². The average Bonchev–Trinajstić information content (AvgIpc) is 2.80. The van der Waals surface area contributed by atoms with Gasteiger partial charge >= 0.3 is 0 Å². The lowest BCUT2D eigenvalue weighted by molar-refractivity contribution is 1.07. The number of aryl methyl sites for hydroxylation is 2. The molecular weight excluding hydrogens is 234 g/mol. The molecule has 0 aliphatic carbocycles. The summed E-state index contributed by atoms with van der Waals surface area (Å²) in [5, 5.41) is 3.44. The van der Waals surface area contributed by atoms with Crippen LogP contribution in [0.2, 0.25) is 0 Å². The maximum absolute atomic E-state index is 4.58. The monoisotopic (exact) mass is 251 g/mol. The van der Waals surface area contributed by atoms with E-state index < -0.39 is 0 Å². The molecule has 3 aromatic rings. The summed E-state index contributed by atoms with van der Waals surface area (Å²) < 4.78 is 2.04. The zero-order valence-electron chi connectivity index (χ0n) is 11.2. The first-order valence-electron chi connectivity index (χ1n) is 6.46. The van der Waals surface area contributed by atoms with E-state index in [1.54, 1.807) is 0 Å². The summed E-state index contributed by atoms with van der Waals surface area (Å²) in [5.74, 6) is 0. The third-order valence-electron chi connectivity index (χ3n) is 3.26. The maximum Gasteiger partial charge on any atom is 0.137 e. The molecule has 0 saturated heterocycles. The molecule has 2 aromatic heterocycles. The van der Waals surface area contributed by atoms with Crippen LogP contribution >= 0.6 is 0 Å². The van der Waals surface area contributed by atoms with E-state index in [2.05, 4.69) is 48.5 Å². The molecule has 2 heterocycles. The predicted molar refractivity (Wildman–Crippen MR) is 78.4 cm³/mol. The van der Waals surface area contributed by atoms with Crippen LogP contribution in [0.3, 0.4) is 0 Å². The van der Waals surface area contributed by atoms with E-state index in [1.807, 2.05) is 28.8 Å². The molecule has 19 heavy (non-hydrogen) atoms. The highest BCUT2D eigenvalue weighted by molar-refractivity contribution is 5.52. The second-order valence-corrected chi connectivity index (χ2v) is 4.87. The highest BCUT2D eigenvalue weighted by atomic mass is 15.0. The summed E-state index contributed by atoms with van der Waals surface area (Å²) >= 11 is 0. The van der Waals surface area contributed by atoms with Crippen LogP contribution in [0.15, 0.2) is 48.8 Å². The Hall–Kier alpha value is -2.29. The van der Waals surface area contributed by atoms with Gasteiger partial charge in [0.25, 0.3) is 0 Å². The highest BCUT2D eigenvalue weighted by Crippen LogP contribution is 2.17. The van der Waals surface area contributed by atoms with Gasteiger partial charge < -0.3 is 9.72 Å². The Morgan fingerprint density at radius 1 is 1.16 bits per heavy atom. The number of anilines is 1. The minimum Gasteiger partial charge on any atom is -0.379 e. The first-order valence-corrected chi connectivity index (χ1v) is 6.46. The molecule has 0 fully saturated rings. The van der Waals surface area contributed by atoms with Crippen molar-refractivity contribution in [2.75, 3.05) is 5.32 Å². The Morgan fingerprint density at radius 3 is 2.84 bits per heavy atom. The summed E-state index contributed by atoms with van der Waals surface area (Å²) in [7, 11) is 0. The molecule has 0 unspecified atom stereocenters. The van der Waals surface area contributed by atoms with Crippen molar-refractivity contribution in [3.05, 3.63) is 65.6 Å². The fourth-order valence-corrected chi connectivity index (χ4v) is 2.27. The van der Waals surface area contributed by atoms with E-state index in [-0.39, 0.29) is 0 Å². The van der Waals surface area contributed by atoms with Crippen LogP contribution in [0, 0.1) is 13.8 Å². The molecule has 1 aromatic carbocycles. The van der Waals surface area contributed by atoms with E-state index in [0.29, 0.717) is 0 Å². The molecule has 0 radical (unpaired) electrons. The van der Waals surface area contributed by atoms with Crippen LogP contribution < -0.4 is 5.32 Å². The van der Waals surface area contributed by atoms with Gasteiger partial charge in [0.1, 0.15) is 5.65 Å². The van der Waals surface area contributed by atoms with Gasteiger partial charge in [0, 0.05) is 18.1 Å². The standard InChI is InChI=1S/C16H17N3/c1-12-6-7-15(13(2)9-12)17-10-14-11-19-8-4-3-5-16(19)18-14/h3-9,11,17H,10H2,1-2H3. The fourth-order valence-electron chi connectivity index (χ4n) is 2.27. The van der Waals surface area contributed by atoms with Gasteiger partial charge in [-0.25, -0.2) is 4.98 Å². The van der Waals surface area contributed by atoms with Gasteiger partial charge in [-0.2, -0.15) is 0 Å². The zero-order valence-corrected chi connectivity index (χ0v) is 11.2. The number of aromatic nitrogens is 2. The van der Waals surface area contributed by atoms with Crippen LogP contribution in [0.4, 0.5) is 5.69 Å². The minimum atomic E-state index is 0.742. The van der Waals surface area contributed by atoms with Gasteiger partial charge in [-0.05, 0) is 37.6 Å². The Labute approximate surface area is 112 Å². The first-order chi connectivity index (χ1) is 9.22. The SMILES string of the molecule is Cc1ccc(NCc2cn3ccccc3n2)c(C)c1. The van der Waals surface area contributed by atoms with Crippen LogP contribution in [-0.2, 0) is 6.54 Å². The Bertz CT molecular complexity index is 680. The summed E-state index contributed by atoms with van der Waals surface area (Å²) in [4.78, 5) is 4.58. The third-order valence-corrected chi connectivity index (χ3v) is 3.26. The van der Waals surface area contributed by atoms with Gasteiger partial charge in [-0.1, -0.05) is 23.8 Å². The van der Waals surface area contributed by atoms with E-state index in [0.717, 1.165) is 17.9 Å². The number of nitrogens with zero attached hydrogens (tertiary/aromatic N) is 2. The van der Waals surface area contributed by atoms with Crippen LogP contribution in [-0.4, -0.2) is 9.38 Å².